The molecule has 4 rings (SSSR count). The first kappa shape index (κ1) is 20.7. The van der Waals surface area contributed by atoms with Crippen LogP contribution in [-0.2, 0) is 4.74 Å². The zero-order chi connectivity index (χ0) is 22.0. The fourth-order valence-corrected chi connectivity index (χ4v) is 4.10. The van der Waals surface area contributed by atoms with E-state index in [1.807, 2.05) is 6.07 Å². The quantitative estimate of drug-likeness (QED) is 0.211. The molecule has 0 atom stereocenters. The summed E-state index contributed by atoms with van der Waals surface area (Å²) in [5.41, 5.74) is 2.26. The molecule has 0 N–H and O–H groups in total. The maximum atomic E-state index is 12.4. The van der Waals surface area contributed by atoms with Gasteiger partial charge in [-0.25, -0.2) is 14.6 Å². The van der Waals surface area contributed by atoms with Crippen LogP contribution in [0.1, 0.15) is 20.9 Å². The zero-order valence-electron chi connectivity index (χ0n) is 16.1. The maximum Gasteiger partial charge on any atom is 0.345 e. The second kappa shape index (κ2) is 8.68. The van der Waals surface area contributed by atoms with E-state index < -0.39 is 11.6 Å². The van der Waals surface area contributed by atoms with Crippen molar-refractivity contribution < 1.29 is 13.9 Å². The number of nitrogens with zero attached hydrogens (tertiary/aromatic N) is 2. The lowest BCUT2D eigenvalue weighted by Crippen LogP contribution is -2.03. The smallest absolute Gasteiger partial charge is 0.345 e. The summed E-state index contributed by atoms with van der Waals surface area (Å²) in [6.45, 7) is 0. The molecular weight excluding hydrogens is 480 g/mol. The minimum absolute atomic E-state index is 0.327. The second-order valence-electron chi connectivity index (χ2n) is 6.45. The number of nitriles is 1. The third kappa shape index (κ3) is 4.33. The Morgan fingerprint density at radius 1 is 1.23 bits per heavy atom. The topological polar surface area (TPSA) is 93.2 Å². The zero-order valence-corrected chi connectivity index (χ0v) is 18.5. The van der Waals surface area contributed by atoms with Crippen LogP contribution in [0.2, 0.25) is 0 Å². The van der Waals surface area contributed by atoms with Crippen molar-refractivity contribution in [3.8, 4) is 17.3 Å². The van der Waals surface area contributed by atoms with Crippen molar-refractivity contribution in [2.75, 3.05) is 7.11 Å². The third-order valence-electron chi connectivity index (χ3n) is 4.47. The molecule has 2 heterocycles. The number of methoxy groups -OCH3 is 1. The van der Waals surface area contributed by atoms with Gasteiger partial charge in [-0.3, -0.25) is 0 Å². The van der Waals surface area contributed by atoms with Crippen LogP contribution < -0.4 is 5.63 Å². The van der Waals surface area contributed by atoms with Crippen LogP contribution in [0.15, 0.2) is 67.6 Å². The summed E-state index contributed by atoms with van der Waals surface area (Å²) < 4.78 is 11.0. The summed E-state index contributed by atoms with van der Waals surface area (Å²) in [6, 6.07) is 15.9. The van der Waals surface area contributed by atoms with Gasteiger partial charge in [-0.15, -0.1) is 11.3 Å². The molecule has 0 saturated carbocycles. The number of hydrogen-bond donors (Lipinski definition) is 0. The van der Waals surface area contributed by atoms with Crippen molar-refractivity contribution in [2.24, 2.45) is 0 Å². The number of thiazole rings is 1. The molecule has 2 aromatic heterocycles. The number of allylic oxidation sites excluding steroid dienone is 1. The summed E-state index contributed by atoms with van der Waals surface area (Å²) in [6.07, 6.45) is 1.67. The summed E-state index contributed by atoms with van der Waals surface area (Å²) in [5.74, 6) is -0.429. The first-order chi connectivity index (χ1) is 15.0. The summed E-state index contributed by atoms with van der Waals surface area (Å²) >= 11 is 4.67. The molecule has 2 aromatic carbocycles. The Morgan fingerprint density at radius 2 is 2.00 bits per heavy atom. The monoisotopic (exact) mass is 492 g/mol. The van der Waals surface area contributed by atoms with Crippen LogP contribution in [0, 0.1) is 11.3 Å². The SMILES string of the molecule is COC(=O)c1ccc(C=C(C#N)c2nc(-c3cc4cc(Br)ccc4oc3=O)cs2)cc1. The first-order valence-electron chi connectivity index (χ1n) is 8.98. The predicted molar refractivity (Wildman–Crippen MR) is 123 cm³/mol. The van der Waals surface area contributed by atoms with E-state index in [4.69, 9.17) is 4.42 Å². The van der Waals surface area contributed by atoms with Gasteiger partial charge >= 0.3 is 11.6 Å². The highest BCUT2D eigenvalue weighted by atomic mass is 79.9. The third-order valence-corrected chi connectivity index (χ3v) is 5.84. The Kier molecular flexibility index (Phi) is 5.80. The summed E-state index contributed by atoms with van der Waals surface area (Å²) in [7, 11) is 1.32. The molecule has 152 valence electrons. The number of fused-ring (bicyclic) bond motifs is 1. The lowest BCUT2D eigenvalue weighted by Gasteiger charge is -2.01. The lowest BCUT2D eigenvalue weighted by molar-refractivity contribution is 0.0600. The number of carbonyl (C=O) groups excluding carboxylic acids is 1. The van der Waals surface area contributed by atoms with Gasteiger partial charge in [0.2, 0.25) is 0 Å². The number of benzene rings is 2. The number of halogens is 1. The van der Waals surface area contributed by atoms with Crippen molar-refractivity contribution in [2.45, 2.75) is 0 Å². The van der Waals surface area contributed by atoms with E-state index in [9.17, 15) is 14.9 Å². The first-order valence-corrected chi connectivity index (χ1v) is 10.7. The van der Waals surface area contributed by atoms with E-state index in [1.54, 1.807) is 53.9 Å². The number of ether oxygens (including phenoxy) is 1. The standard InChI is InChI=1S/C23H13BrN2O4S/c1-29-22(27)14-4-2-13(3-5-14)8-16(11-25)21-26-19(12-31-21)18-10-15-9-17(24)6-7-20(15)30-23(18)28/h2-10,12H,1H3. The van der Waals surface area contributed by atoms with Crippen molar-refractivity contribution in [3.05, 3.63) is 84.9 Å². The second-order valence-corrected chi connectivity index (χ2v) is 8.22. The number of carbonyl (C=O) groups is 1. The van der Waals surface area contributed by atoms with Crippen LogP contribution in [-0.4, -0.2) is 18.1 Å². The Bertz CT molecular complexity index is 1430. The van der Waals surface area contributed by atoms with Crippen molar-refractivity contribution in [3.63, 3.8) is 0 Å². The normalized spacial score (nSPS) is 11.3. The molecule has 0 aliphatic heterocycles. The molecular formula is C23H13BrN2O4S. The van der Waals surface area contributed by atoms with Gasteiger partial charge in [0.1, 0.15) is 16.7 Å². The minimum atomic E-state index is -0.493. The highest BCUT2D eigenvalue weighted by molar-refractivity contribution is 9.10. The summed E-state index contributed by atoms with van der Waals surface area (Å²) in [5, 5.41) is 12.6. The van der Waals surface area contributed by atoms with E-state index in [-0.39, 0.29) is 0 Å². The van der Waals surface area contributed by atoms with Gasteiger partial charge in [0.05, 0.1) is 29.5 Å². The molecule has 0 aliphatic rings. The Labute approximate surface area is 189 Å². The van der Waals surface area contributed by atoms with Gasteiger partial charge in [-0.1, -0.05) is 28.1 Å². The van der Waals surface area contributed by atoms with Crippen LogP contribution in [0.4, 0.5) is 0 Å². The molecule has 0 fully saturated rings. The van der Waals surface area contributed by atoms with Crippen LogP contribution in [0.25, 0.3) is 33.9 Å². The van der Waals surface area contributed by atoms with E-state index in [0.717, 1.165) is 15.4 Å². The van der Waals surface area contributed by atoms with E-state index >= 15 is 0 Å². The number of hydrogen-bond acceptors (Lipinski definition) is 7. The van der Waals surface area contributed by atoms with Gasteiger partial charge in [0.15, 0.2) is 0 Å². The van der Waals surface area contributed by atoms with Crippen molar-refractivity contribution in [1.29, 1.82) is 5.26 Å². The molecule has 0 spiro atoms. The number of esters is 1. The molecule has 0 bridgehead atoms. The number of aromatic nitrogens is 1. The molecule has 0 saturated heterocycles. The largest absolute Gasteiger partial charge is 0.465 e. The Balaban J connectivity index is 1.69. The van der Waals surface area contributed by atoms with Gasteiger partial charge in [-0.2, -0.15) is 5.26 Å². The molecule has 31 heavy (non-hydrogen) atoms. The van der Waals surface area contributed by atoms with Crippen molar-refractivity contribution >= 4 is 55.9 Å². The predicted octanol–water partition coefficient (Wildman–Crippen LogP) is 5.53. The fraction of sp³-hybridized carbons (Fsp3) is 0.0435. The minimum Gasteiger partial charge on any atom is -0.465 e. The lowest BCUT2D eigenvalue weighted by atomic mass is 10.1. The van der Waals surface area contributed by atoms with E-state index in [2.05, 4.69) is 31.7 Å². The number of rotatable bonds is 4. The summed E-state index contributed by atoms with van der Waals surface area (Å²) in [4.78, 5) is 28.5. The molecule has 0 unspecified atom stereocenters. The molecule has 0 aliphatic carbocycles. The average Bonchev–Trinajstić information content (AvgIpc) is 3.27. The van der Waals surface area contributed by atoms with E-state index in [0.29, 0.717) is 33.0 Å². The van der Waals surface area contributed by atoms with Crippen LogP contribution >= 0.6 is 27.3 Å². The van der Waals surface area contributed by atoms with Gasteiger partial charge in [0, 0.05) is 15.2 Å². The molecule has 4 aromatic rings. The molecule has 8 heteroatoms. The average molecular weight is 493 g/mol. The van der Waals surface area contributed by atoms with Gasteiger partial charge in [0.25, 0.3) is 0 Å². The van der Waals surface area contributed by atoms with Gasteiger partial charge in [-0.05, 0) is 48.0 Å². The Morgan fingerprint density at radius 3 is 2.71 bits per heavy atom. The van der Waals surface area contributed by atoms with Crippen LogP contribution in [0.3, 0.4) is 0 Å². The van der Waals surface area contributed by atoms with E-state index in [1.165, 1.54) is 18.4 Å². The van der Waals surface area contributed by atoms with Gasteiger partial charge < -0.3 is 9.15 Å². The highest BCUT2D eigenvalue weighted by Gasteiger charge is 2.14. The maximum absolute atomic E-state index is 12.4. The highest BCUT2D eigenvalue weighted by Crippen LogP contribution is 2.28. The molecule has 0 amide bonds. The fourth-order valence-electron chi connectivity index (χ4n) is 2.94. The molecule has 0 radical (unpaired) electrons. The molecule has 6 nitrogen and oxygen atoms in total. The Hall–Kier alpha value is -3.54. The van der Waals surface area contributed by atoms with Crippen molar-refractivity contribution in [1.82, 2.24) is 4.98 Å². The van der Waals surface area contributed by atoms with Crippen LogP contribution in [0.5, 0.6) is 0 Å².